The third-order valence-corrected chi connectivity index (χ3v) is 6.71. The third kappa shape index (κ3) is 6.52. The first-order chi connectivity index (χ1) is 16.8. The van der Waals surface area contributed by atoms with Crippen LogP contribution in [0.2, 0.25) is 5.02 Å². The highest BCUT2D eigenvalue weighted by Gasteiger charge is 2.35. The normalized spacial score (nSPS) is 18.8. The predicted molar refractivity (Wildman–Crippen MR) is 138 cm³/mol. The van der Waals surface area contributed by atoms with Gasteiger partial charge in [0, 0.05) is 55.7 Å². The van der Waals surface area contributed by atoms with Crippen LogP contribution >= 0.6 is 11.6 Å². The molecule has 1 atom stereocenters. The Morgan fingerprint density at radius 1 is 1.00 bits per heavy atom. The topological polar surface area (TPSA) is 85.0 Å². The Balaban J connectivity index is 1.33. The van der Waals surface area contributed by atoms with Gasteiger partial charge in [-0.1, -0.05) is 17.7 Å². The number of carbonyl (C=O) groups is 3. The van der Waals surface area contributed by atoms with Crippen LogP contribution in [0, 0.1) is 13.8 Å². The number of nitrogens with one attached hydrogen (secondary N) is 2. The lowest BCUT2D eigenvalue weighted by Gasteiger charge is -2.39. The molecule has 2 aromatic rings. The predicted octanol–water partition coefficient (Wildman–Crippen LogP) is 2.43. The van der Waals surface area contributed by atoms with Gasteiger partial charge in [-0.25, -0.2) is 0 Å². The maximum absolute atomic E-state index is 13.2. The number of hydrogen-bond acceptors (Lipinski definition) is 5. The highest BCUT2D eigenvalue weighted by atomic mass is 35.5. The van der Waals surface area contributed by atoms with Gasteiger partial charge in [0.25, 0.3) is 0 Å². The fraction of sp³-hybridized carbons (Fsp3) is 0.423. The fourth-order valence-electron chi connectivity index (χ4n) is 4.75. The van der Waals surface area contributed by atoms with Gasteiger partial charge in [0.2, 0.25) is 17.7 Å². The van der Waals surface area contributed by atoms with Crippen molar-refractivity contribution in [2.45, 2.75) is 26.3 Å². The molecule has 35 heavy (non-hydrogen) atoms. The van der Waals surface area contributed by atoms with Crippen molar-refractivity contribution in [1.29, 1.82) is 0 Å². The number of carbonyl (C=O) groups excluding carboxylic acids is 3. The molecule has 2 fully saturated rings. The molecule has 2 saturated heterocycles. The Morgan fingerprint density at radius 3 is 2.31 bits per heavy atom. The second kappa shape index (κ2) is 11.1. The molecule has 186 valence electrons. The monoisotopic (exact) mass is 497 g/mol. The van der Waals surface area contributed by atoms with Crippen LogP contribution in [0.1, 0.15) is 17.5 Å². The second-order valence-electron chi connectivity index (χ2n) is 9.26. The van der Waals surface area contributed by atoms with Crippen molar-refractivity contribution in [1.82, 2.24) is 15.1 Å². The van der Waals surface area contributed by atoms with Crippen molar-refractivity contribution in [3.63, 3.8) is 0 Å². The molecule has 0 radical (unpaired) electrons. The zero-order chi connectivity index (χ0) is 24.9. The Labute approximate surface area is 211 Å². The first kappa shape index (κ1) is 25.0. The van der Waals surface area contributed by atoms with Crippen molar-refractivity contribution in [2.24, 2.45) is 0 Å². The summed E-state index contributed by atoms with van der Waals surface area (Å²) in [4.78, 5) is 44.5. The molecule has 9 heteroatoms. The largest absolute Gasteiger partial charge is 0.369 e. The lowest BCUT2D eigenvalue weighted by Crippen LogP contribution is -2.60. The molecule has 0 bridgehead atoms. The van der Waals surface area contributed by atoms with Crippen LogP contribution in [0.5, 0.6) is 0 Å². The molecule has 0 saturated carbocycles. The van der Waals surface area contributed by atoms with Crippen LogP contribution in [-0.2, 0) is 14.4 Å². The molecule has 2 N–H and O–H groups in total. The summed E-state index contributed by atoms with van der Waals surface area (Å²) in [6.07, 6.45) is -0.0745. The Morgan fingerprint density at radius 2 is 1.66 bits per heavy atom. The van der Waals surface area contributed by atoms with Gasteiger partial charge in [0.05, 0.1) is 13.0 Å². The molecule has 8 nitrogen and oxygen atoms in total. The van der Waals surface area contributed by atoms with E-state index in [-0.39, 0.29) is 30.7 Å². The number of benzene rings is 2. The zero-order valence-corrected chi connectivity index (χ0v) is 21.0. The SMILES string of the molecule is Cc1cc(C)cc(NC(=O)CC2C(=O)NCCN2C(=O)CN2CCN(c3ccc(Cl)cc3)CC2)c1. The van der Waals surface area contributed by atoms with E-state index in [4.69, 9.17) is 11.6 Å². The number of aryl methyl sites for hydroxylation is 2. The van der Waals surface area contributed by atoms with Crippen molar-refractivity contribution in [2.75, 3.05) is 56.0 Å². The highest BCUT2D eigenvalue weighted by Crippen LogP contribution is 2.20. The van der Waals surface area contributed by atoms with Gasteiger partial charge in [0.1, 0.15) is 6.04 Å². The summed E-state index contributed by atoms with van der Waals surface area (Å²) in [6.45, 7) is 8.05. The minimum atomic E-state index is -0.808. The zero-order valence-electron chi connectivity index (χ0n) is 20.2. The molecule has 0 aromatic heterocycles. The summed E-state index contributed by atoms with van der Waals surface area (Å²) in [5, 5.41) is 6.38. The smallest absolute Gasteiger partial charge is 0.243 e. The summed E-state index contributed by atoms with van der Waals surface area (Å²) < 4.78 is 0. The van der Waals surface area contributed by atoms with Gasteiger partial charge in [-0.15, -0.1) is 0 Å². The maximum atomic E-state index is 13.2. The van der Waals surface area contributed by atoms with E-state index < -0.39 is 6.04 Å². The first-order valence-electron chi connectivity index (χ1n) is 12.0. The maximum Gasteiger partial charge on any atom is 0.243 e. The lowest BCUT2D eigenvalue weighted by molar-refractivity contribution is -0.145. The van der Waals surface area contributed by atoms with Crippen molar-refractivity contribution >= 4 is 40.7 Å². The lowest BCUT2D eigenvalue weighted by atomic mass is 10.1. The summed E-state index contributed by atoms with van der Waals surface area (Å²) in [5.74, 6) is -0.692. The fourth-order valence-corrected chi connectivity index (χ4v) is 4.87. The van der Waals surface area contributed by atoms with Crippen molar-refractivity contribution < 1.29 is 14.4 Å². The summed E-state index contributed by atoms with van der Waals surface area (Å²) in [6, 6.07) is 12.8. The van der Waals surface area contributed by atoms with Gasteiger partial charge < -0.3 is 20.4 Å². The number of hydrogen-bond donors (Lipinski definition) is 2. The van der Waals surface area contributed by atoms with Gasteiger partial charge in [-0.3, -0.25) is 19.3 Å². The molecule has 2 aliphatic heterocycles. The molecule has 0 spiro atoms. The van der Waals surface area contributed by atoms with Gasteiger partial charge >= 0.3 is 0 Å². The van der Waals surface area contributed by atoms with Crippen LogP contribution in [-0.4, -0.2) is 79.4 Å². The quantitative estimate of drug-likeness (QED) is 0.640. The number of piperazine rings is 2. The van der Waals surface area contributed by atoms with Gasteiger partial charge in [-0.2, -0.15) is 0 Å². The van der Waals surface area contributed by atoms with E-state index in [1.54, 1.807) is 4.90 Å². The average molecular weight is 498 g/mol. The van der Waals surface area contributed by atoms with Gasteiger partial charge in [-0.05, 0) is 61.4 Å². The molecule has 4 rings (SSSR count). The number of rotatable bonds is 6. The molecular formula is C26H32ClN5O3. The van der Waals surface area contributed by atoms with Crippen LogP contribution in [0.25, 0.3) is 0 Å². The molecule has 0 aliphatic carbocycles. The Bertz CT molecular complexity index is 1060. The minimum absolute atomic E-state index is 0.0745. The van der Waals surface area contributed by atoms with Crippen LogP contribution < -0.4 is 15.5 Å². The van der Waals surface area contributed by atoms with Crippen LogP contribution in [0.15, 0.2) is 42.5 Å². The number of amides is 3. The first-order valence-corrected chi connectivity index (χ1v) is 12.3. The number of halogens is 1. The van der Waals surface area contributed by atoms with Gasteiger partial charge in [0.15, 0.2) is 0 Å². The molecule has 1 unspecified atom stereocenters. The second-order valence-corrected chi connectivity index (χ2v) is 9.70. The summed E-state index contributed by atoms with van der Waals surface area (Å²) in [5.41, 5.74) is 3.90. The van der Waals surface area contributed by atoms with E-state index in [0.29, 0.717) is 23.8 Å². The Kier molecular flexibility index (Phi) is 7.93. The van der Waals surface area contributed by atoms with E-state index in [1.165, 1.54) is 0 Å². The molecule has 3 amide bonds. The van der Waals surface area contributed by atoms with E-state index in [9.17, 15) is 14.4 Å². The Hall–Kier alpha value is -3.10. The minimum Gasteiger partial charge on any atom is -0.369 e. The van der Waals surface area contributed by atoms with Crippen molar-refractivity contribution in [3.8, 4) is 0 Å². The van der Waals surface area contributed by atoms with E-state index in [1.807, 2.05) is 56.3 Å². The summed E-state index contributed by atoms with van der Waals surface area (Å²) >= 11 is 5.99. The van der Waals surface area contributed by atoms with Crippen LogP contribution in [0.4, 0.5) is 11.4 Å². The van der Waals surface area contributed by atoms with E-state index in [0.717, 1.165) is 43.0 Å². The molecule has 2 heterocycles. The molecule has 2 aromatic carbocycles. The number of nitrogens with zero attached hydrogens (tertiary/aromatic N) is 3. The standard InChI is InChI=1S/C26H32ClN5O3/c1-18-13-19(2)15-21(14-18)29-24(33)16-23-26(35)28-7-8-32(23)25(34)17-30-9-11-31(12-10-30)22-5-3-20(27)4-6-22/h3-6,13-15,23H,7-12,16-17H2,1-2H3,(H,28,35)(H,29,33). The van der Waals surface area contributed by atoms with Crippen LogP contribution in [0.3, 0.4) is 0 Å². The highest BCUT2D eigenvalue weighted by molar-refractivity contribution is 6.30. The van der Waals surface area contributed by atoms with E-state index in [2.05, 4.69) is 20.4 Å². The third-order valence-electron chi connectivity index (χ3n) is 6.46. The average Bonchev–Trinajstić information content (AvgIpc) is 2.80. The molecular weight excluding hydrogens is 466 g/mol. The van der Waals surface area contributed by atoms with Crippen molar-refractivity contribution in [3.05, 3.63) is 58.6 Å². The number of anilines is 2. The molecule has 2 aliphatic rings. The van der Waals surface area contributed by atoms with E-state index >= 15 is 0 Å². The summed E-state index contributed by atoms with van der Waals surface area (Å²) in [7, 11) is 0.